The van der Waals surface area contributed by atoms with Gasteiger partial charge in [0.25, 0.3) is 0 Å². The molecule has 0 aromatic heterocycles. The lowest BCUT2D eigenvalue weighted by molar-refractivity contribution is -0.137. The first-order valence-electron chi connectivity index (χ1n) is 8.51. The van der Waals surface area contributed by atoms with Gasteiger partial charge in [0.15, 0.2) is 5.11 Å². The number of carbonyl (C=O) groups excluding carboxylic acids is 1. The predicted molar refractivity (Wildman–Crippen MR) is 113 cm³/mol. The van der Waals surface area contributed by atoms with Gasteiger partial charge in [0.1, 0.15) is 11.3 Å². The number of ether oxygens (including phenoxy) is 1. The number of anilines is 1. The van der Waals surface area contributed by atoms with Gasteiger partial charge in [-0.1, -0.05) is 48.5 Å². The molecule has 27 heavy (non-hydrogen) atoms. The molecule has 0 aliphatic heterocycles. The number of esters is 1. The molecule has 0 saturated heterocycles. The molecule has 0 radical (unpaired) electrons. The molecule has 0 unspecified atom stereocenters. The van der Waals surface area contributed by atoms with Crippen LogP contribution >= 0.6 is 12.2 Å². The van der Waals surface area contributed by atoms with Gasteiger partial charge < -0.3 is 15.2 Å². The minimum absolute atomic E-state index is 0.0614. The topological polar surface area (TPSA) is 70.9 Å². The summed E-state index contributed by atoms with van der Waals surface area (Å²) in [6, 6.07) is 14.6. The fourth-order valence-corrected chi connectivity index (χ4v) is 2.60. The second-order valence-corrected chi connectivity index (χ2v) is 6.19. The highest BCUT2D eigenvalue weighted by atomic mass is 32.1. The van der Waals surface area contributed by atoms with E-state index in [0.29, 0.717) is 5.56 Å². The van der Waals surface area contributed by atoms with Crippen LogP contribution in [0.15, 0.2) is 59.1 Å². The van der Waals surface area contributed by atoms with Crippen molar-refractivity contribution >= 4 is 41.0 Å². The van der Waals surface area contributed by atoms with Gasteiger partial charge in [-0.2, -0.15) is 0 Å². The molecule has 6 heteroatoms. The third-order valence-corrected chi connectivity index (χ3v) is 4.03. The third kappa shape index (κ3) is 5.49. The zero-order valence-electron chi connectivity index (χ0n) is 15.5. The van der Waals surface area contributed by atoms with E-state index in [-0.39, 0.29) is 23.1 Å². The molecule has 0 spiro atoms. The lowest BCUT2D eigenvalue weighted by Crippen LogP contribution is -2.14. The number of thiocarbonyl (C=S) groups is 1. The number of rotatable bonds is 5. The van der Waals surface area contributed by atoms with E-state index in [1.54, 1.807) is 31.2 Å². The van der Waals surface area contributed by atoms with E-state index in [2.05, 4.69) is 10.3 Å². The van der Waals surface area contributed by atoms with Crippen LogP contribution < -0.4 is 5.32 Å². The third-order valence-electron chi connectivity index (χ3n) is 3.82. The Hall–Kier alpha value is -2.99. The average molecular weight is 382 g/mol. The van der Waals surface area contributed by atoms with Crippen LogP contribution in [-0.2, 0) is 9.53 Å². The molecule has 0 aliphatic rings. The van der Waals surface area contributed by atoms with Crippen LogP contribution in [0, 0.1) is 13.8 Å². The van der Waals surface area contributed by atoms with Gasteiger partial charge in [-0.3, -0.25) is 0 Å². The number of carbonyl (C=O) groups is 1. The number of nitrogens with zero attached hydrogens (tertiary/aromatic N) is 1. The number of aliphatic hydroxyl groups is 1. The number of benzene rings is 2. The largest absolute Gasteiger partial charge is 0.506 e. The van der Waals surface area contributed by atoms with Crippen LogP contribution in [0.4, 0.5) is 5.69 Å². The van der Waals surface area contributed by atoms with E-state index in [4.69, 9.17) is 17.0 Å². The van der Waals surface area contributed by atoms with E-state index >= 15 is 0 Å². The molecule has 0 fully saturated rings. The first-order chi connectivity index (χ1) is 12.9. The Morgan fingerprint density at radius 3 is 2.37 bits per heavy atom. The van der Waals surface area contributed by atoms with Crippen LogP contribution in [0.3, 0.4) is 0 Å². The van der Waals surface area contributed by atoms with E-state index in [0.717, 1.165) is 16.8 Å². The van der Waals surface area contributed by atoms with Gasteiger partial charge in [-0.05, 0) is 44.1 Å². The van der Waals surface area contributed by atoms with E-state index in [9.17, 15) is 9.90 Å². The highest BCUT2D eigenvalue weighted by Crippen LogP contribution is 2.20. The SMILES string of the molecule is CCOC(=O)C(C=NC(=S)Nc1c(C)cccc1C)=C(O)c1ccccc1. The monoisotopic (exact) mass is 382 g/mol. The van der Waals surface area contributed by atoms with E-state index in [1.165, 1.54) is 6.21 Å². The lowest BCUT2D eigenvalue weighted by atomic mass is 10.1. The van der Waals surface area contributed by atoms with E-state index in [1.807, 2.05) is 38.1 Å². The van der Waals surface area contributed by atoms with Gasteiger partial charge in [0.2, 0.25) is 0 Å². The van der Waals surface area contributed by atoms with Crippen LogP contribution in [0.25, 0.3) is 5.76 Å². The molecule has 0 amide bonds. The summed E-state index contributed by atoms with van der Waals surface area (Å²) in [5.41, 5.74) is 3.35. The van der Waals surface area contributed by atoms with Gasteiger partial charge >= 0.3 is 5.97 Å². The molecule has 0 bridgehead atoms. The number of para-hydroxylation sites is 1. The standard InChI is InChI=1S/C21H22N2O3S/c1-4-26-20(25)17(19(24)16-11-6-5-7-12-16)13-22-21(27)23-18-14(2)9-8-10-15(18)3/h5-13,24H,4H2,1-3H3,(H,23,27). The molecular weight excluding hydrogens is 360 g/mol. The summed E-state index contributed by atoms with van der Waals surface area (Å²) >= 11 is 5.26. The second kappa shape index (κ2) is 9.64. The van der Waals surface area contributed by atoms with Gasteiger partial charge in [0, 0.05) is 17.5 Å². The Morgan fingerprint density at radius 1 is 1.15 bits per heavy atom. The van der Waals surface area contributed by atoms with Crippen molar-refractivity contribution in [1.29, 1.82) is 0 Å². The zero-order valence-corrected chi connectivity index (χ0v) is 16.3. The smallest absolute Gasteiger partial charge is 0.343 e. The molecular formula is C21H22N2O3S. The van der Waals surface area contributed by atoms with Crippen molar-refractivity contribution in [2.45, 2.75) is 20.8 Å². The van der Waals surface area contributed by atoms with Crippen molar-refractivity contribution in [3.05, 3.63) is 70.8 Å². The summed E-state index contributed by atoms with van der Waals surface area (Å²) in [7, 11) is 0. The highest BCUT2D eigenvalue weighted by Gasteiger charge is 2.16. The normalized spacial score (nSPS) is 11.8. The Balaban J connectivity index is 2.29. The summed E-state index contributed by atoms with van der Waals surface area (Å²) in [5.74, 6) is -0.884. The van der Waals surface area contributed by atoms with Crippen molar-refractivity contribution in [2.75, 3.05) is 11.9 Å². The van der Waals surface area contributed by atoms with Crippen LogP contribution in [0.1, 0.15) is 23.6 Å². The van der Waals surface area contributed by atoms with Crippen molar-refractivity contribution in [2.24, 2.45) is 4.99 Å². The Bertz CT molecular complexity index is 869. The summed E-state index contributed by atoms with van der Waals surface area (Å²) in [6.07, 6.45) is 1.23. The Labute approximate surface area is 164 Å². The van der Waals surface area contributed by atoms with E-state index < -0.39 is 5.97 Å². The molecule has 5 nitrogen and oxygen atoms in total. The lowest BCUT2D eigenvalue weighted by Gasteiger charge is -2.11. The number of hydrogen-bond donors (Lipinski definition) is 2. The summed E-state index contributed by atoms with van der Waals surface area (Å²) in [6.45, 7) is 5.81. The van der Waals surface area contributed by atoms with Gasteiger partial charge in [0.05, 0.1) is 6.61 Å². The molecule has 140 valence electrons. The number of aliphatic imine (C=N–C) groups is 1. The molecule has 2 rings (SSSR count). The minimum Gasteiger partial charge on any atom is -0.506 e. The molecule has 2 aromatic rings. The maximum Gasteiger partial charge on any atom is 0.343 e. The Morgan fingerprint density at radius 2 is 1.78 bits per heavy atom. The van der Waals surface area contributed by atoms with Crippen molar-refractivity contribution in [3.63, 3.8) is 0 Å². The number of nitrogens with one attached hydrogen (secondary N) is 1. The molecule has 2 N–H and O–H groups in total. The average Bonchev–Trinajstić information content (AvgIpc) is 2.66. The quantitative estimate of drug-likeness (QED) is 0.260. The van der Waals surface area contributed by atoms with Crippen LogP contribution in [-0.4, -0.2) is 29.0 Å². The van der Waals surface area contributed by atoms with Gasteiger partial charge in [-0.25, -0.2) is 9.79 Å². The highest BCUT2D eigenvalue weighted by molar-refractivity contribution is 7.80. The fraction of sp³-hybridized carbons (Fsp3) is 0.190. The molecule has 0 atom stereocenters. The summed E-state index contributed by atoms with van der Waals surface area (Å²) in [4.78, 5) is 16.4. The molecule has 2 aromatic carbocycles. The fourth-order valence-electron chi connectivity index (χ4n) is 2.44. The molecule has 0 heterocycles. The summed E-state index contributed by atoms with van der Waals surface area (Å²) in [5, 5.41) is 13.7. The van der Waals surface area contributed by atoms with Crippen molar-refractivity contribution in [1.82, 2.24) is 0 Å². The number of aliphatic hydroxyl groups excluding tert-OH is 1. The maximum atomic E-state index is 12.2. The number of hydrogen-bond acceptors (Lipinski definition) is 4. The second-order valence-electron chi connectivity index (χ2n) is 5.80. The van der Waals surface area contributed by atoms with Crippen LogP contribution in [0.2, 0.25) is 0 Å². The first-order valence-corrected chi connectivity index (χ1v) is 8.92. The molecule has 0 aliphatic carbocycles. The molecule has 0 saturated carbocycles. The van der Waals surface area contributed by atoms with Crippen molar-refractivity contribution < 1.29 is 14.6 Å². The van der Waals surface area contributed by atoms with Crippen molar-refractivity contribution in [3.8, 4) is 0 Å². The van der Waals surface area contributed by atoms with Crippen LogP contribution in [0.5, 0.6) is 0 Å². The zero-order chi connectivity index (χ0) is 19.8. The first kappa shape index (κ1) is 20.3. The summed E-state index contributed by atoms with van der Waals surface area (Å²) < 4.78 is 5.02. The van der Waals surface area contributed by atoms with Gasteiger partial charge in [-0.15, -0.1) is 0 Å². The maximum absolute atomic E-state index is 12.2. The Kier molecular flexibility index (Phi) is 7.25. The minimum atomic E-state index is -0.669. The predicted octanol–water partition coefficient (Wildman–Crippen LogP) is 4.60. The number of aryl methyl sites for hydroxylation is 2.